The molecule has 0 radical (unpaired) electrons. The molecule has 1 fully saturated rings. The highest BCUT2D eigenvalue weighted by Crippen LogP contribution is 2.29. The number of furan rings is 1. The standard InChI is InChI=1S/C26H35FN4O2/c1-19-22(16-30(3)28-19)15-29(2)26(14-21-6-4-5-7-25(21)27)20-10-12-31(13-11-20)17-23-8-9-24(18-32)33-23/h4-9,16,20,26,32H,10-15,17-18H2,1-3H3. The fourth-order valence-electron chi connectivity index (χ4n) is 5.07. The first-order valence-corrected chi connectivity index (χ1v) is 11.8. The van der Waals surface area contributed by atoms with Crippen LogP contribution in [0.1, 0.15) is 41.2 Å². The molecule has 0 aliphatic carbocycles. The topological polar surface area (TPSA) is 57.7 Å². The lowest BCUT2D eigenvalue weighted by Crippen LogP contribution is -2.45. The van der Waals surface area contributed by atoms with Crippen molar-refractivity contribution in [2.75, 3.05) is 20.1 Å². The van der Waals surface area contributed by atoms with E-state index < -0.39 is 0 Å². The number of benzene rings is 1. The molecule has 1 atom stereocenters. The first kappa shape index (κ1) is 23.7. The van der Waals surface area contributed by atoms with Gasteiger partial charge in [-0.25, -0.2) is 4.39 Å². The molecule has 7 heteroatoms. The van der Waals surface area contributed by atoms with Gasteiger partial charge in [-0.15, -0.1) is 0 Å². The molecule has 0 saturated carbocycles. The predicted octanol–water partition coefficient (Wildman–Crippen LogP) is 3.91. The maximum atomic E-state index is 14.5. The van der Waals surface area contributed by atoms with Crippen molar-refractivity contribution in [3.05, 3.63) is 76.8 Å². The van der Waals surface area contributed by atoms with Gasteiger partial charge in [-0.05, 0) is 76.0 Å². The minimum atomic E-state index is -0.122. The number of likely N-dealkylation sites (tertiary alicyclic amines) is 1. The molecular formula is C26H35FN4O2. The molecule has 3 heterocycles. The Hall–Kier alpha value is -2.48. The summed E-state index contributed by atoms with van der Waals surface area (Å²) in [4.78, 5) is 4.79. The van der Waals surface area contributed by atoms with Crippen molar-refractivity contribution >= 4 is 0 Å². The smallest absolute Gasteiger partial charge is 0.129 e. The van der Waals surface area contributed by atoms with E-state index in [1.165, 1.54) is 5.56 Å². The van der Waals surface area contributed by atoms with Crippen molar-refractivity contribution in [1.29, 1.82) is 0 Å². The van der Waals surface area contributed by atoms with Crippen LogP contribution in [-0.4, -0.2) is 50.9 Å². The number of rotatable bonds is 9. The van der Waals surface area contributed by atoms with Crippen LogP contribution in [0.25, 0.3) is 0 Å². The van der Waals surface area contributed by atoms with E-state index in [0.29, 0.717) is 18.1 Å². The highest BCUT2D eigenvalue weighted by atomic mass is 19.1. The van der Waals surface area contributed by atoms with Crippen LogP contribution < -0.4 is 0 Å². The lowest BCUT2D eigenvalue weighted by molar-refractivity contribution is 0.0910. The lowest BCUT2D eigenvalue weighted by atomic mass is 9.84. The van der Waals surface area contributed by atoms with Crippen LogP contribution in [0, 0.1) is 18.7 Å². The van der Waals surface area contributed by atoms with Crippen molar-refractivity contribution in [2.24, 2.45) is 13.0 Å². The second kappa shape index (κ2) is 10.6. The second-order valence-electron chi connectivity index (χ2n) is 9.33. The molecule has 178 valence electrons. The van der Waals surface area contributed by atoms with Crippen LogP contribution in [-0.2, 0) is 33.2 Å². The molecular weight excluding hydrogens is 419 g/mol. The first-order valence-electron chi connectivity index (χ1n) is 11.8. The molecule has 1 unspecified atom stereocenters. The normalized spacial score (nSPS) is 16.5. The molecule has 3 aromatic rings. The molecule has 1 aliphatic rings. The summed E-state index contributed by atoms with van der Waals surface area (Å²) < 4.78 is 22.1. The van der Waals surface area contributed by atoms with Gasteiger partial charge < -0.3 is 9.52 Å². The largest absolute Gasteiger partial charge is 0.462 e. The average Bonchev–Trinajstić information content (AvgIpc) is 3.39. The van der Waals surface area contributed by atoms with Crippen molar-refractivity contribution in [3.8, 4) is 0 Å². The Bertz CT molecular complexity index is 1040. The molecule has 1 saturated heterocycles. The summed E-state index contributed by atoms with van der Waals surface area (Å²) >= 11 is 0. The van der Waals surface area contributed by atoms with Gasteiger partial charge >= 0.3 is 0 Å². The van der Waals surface area contributed by atoms with Crippen molar-refractivity contribution < 1.29 is 13.9 Å². The van der Waals surface area contributed by atoms with E-state index in [2.05, 4.69) is 28.1 Å². The Morgan fingerprint density at radius 3 is 2.52 bits per heavy atom. The summed E-state index contributed by atoms with van der Waals surface area (Å²) in [5.41, 5.74) is 3.05. The van der Waals surface area contributed by atoms with Gasteiger partial charge in [0.1, 0.15) is 23.9 Å². The van der Waals surface area contributed by atoms with E-state index in [9.17, 15) is 9.50 Å². The van der Waals surface area contributed by atoms with Gasteiger partial charge in [0.15, 0.2) is 0 Å². The zero-order valence-corrected chi connectivity index (χ0v) is 19.9. The number of aryl methyl sites for hydroxylation is 2. The summed E-state index contributed by atoms with van der Waals surface area (Å²) in [5.74, 6) is 1.86. The first-order chi connectivity index (χ1) is 15.9. The van der Waals surface area contributed by atoms with Crippen molar-refractivity contribution in [2.45, 2.75) is 51.9 Å². The number of aliphatic hydroxyl groups is 1. The molecule has 1 N–H and O–H groups in total. The van der Waals surface area contributed by atoms with Gasteiger partial charge in [0.2, 0.25) is 0 Å². The fourth-order valence-corrected chi connectivity index (χ4v) is 5.07. The van der Waals surface area contributed by atoms with Crippen LogP contribution in [0.15, 0.2) is 47.0 Å². The summed E-state index contributed by atoms with van der Waals surface area (Å²) in [6, 6.07) is 11.2. The van der Waals surface area contributed by atoms with Gasteiger partial charge in [0.05, 0.1) is 12.2 Å². The van der Waals surface area contributed by atoms with Crippen LogP contribution in [0.5, 0.6) is 0 Å². The number of aromatic nitrogens is 2. The van der Waals surface area contributed by atoms with E-state index in [0.717, 1.165) is 56.0 Å². The third-order valence-electron chi connectivity index (χ3n) is 6.92. The Balaban J connectivity index is 1.44. The Kier molecular flexibility index (Phi) is 7.63. The molecule has 0 bridgehead atoms. The quantitative estimate of drug-likeness (QED) is 0.531. The molecule has 1 aliphatic heterocycles. The number of nitrogens with zero attached hydrogens (tertiary/aromatic N) is 4. The Labute approximate surface area is 195 Å². The zero-order chi connectivity index (χ0) is 23.4. The van der Waals surface area contributed by atoms with Crippen LogP contribution >= 0.6 is 0 Å². The zero-order valence-electron chi connectivity index (χ0n) is 19.9. The molecule has 0 spiro atoms. The number of halogens is 1. The number of piperidine rings is 1. The average molecular weight is 455 g/mol. The third-order valence-corrected chi connectivity index (χ3v) is 6.92. The van der Waals surface area contributed by atoms with Gasteiger partial charge in [0, 0.05) is 31.4 Å². The molecule has 2 aromatic heterocycles. The van der Waals surface area contributed by atoms with E-state index in [4.69, 9.17) is 4.42 Å². The molecule has 0 amide bonds. The lowest BCUT2D eigenvalue weighted by Gasteiger charge is -2.40. The monoisotopic (exact) mass is 454 g/mol. The summed E-state index contributed by atoms with van der Waals surface area (Å²) in [5, 5.41) is 13.7. The maximum absolute atomic E-state index is 14.5. The van der Waals surface area contributed by atoms with Crippen LogP contribution in [0.2, 0.25) is 0 Å². The third kappa shape index (κ3) is 5.91. The highest BCUT2D eigenvalue weighted by Gasteiger charge is 2.30. The van der Waals surface area contributed by atoms with Crippen molar-refractivity contribution in [3.63, 3.8) is 0 Å². The summed E-state index contributed by atoms with van der Waals surface area (Å²) in [6.45, 7) is 5.50. The number of hydrogen-bond donors (Lipinski definition) is 1. The van der Waals surface area contributed by atoms with Gasteiger partial charge in [-0.1, -0.05) is 18.2 Å². The predicted molar refractivity (Wildman–Crippen MR) is 126 cm³/mol. The van der Waals surface area contributed by atoms with E-state index in [-0.39, 0.29) is 18.5 Å². The number of aliphatic hydroxyl groups excluding tert-OH is 1. The SMILES string of the molecule is Cc1nn(C)cc1CN(C)C(Cc1ccccc1F)C1CCN(Cc2ccc(CO)o2)CC1. The highest BCUT2D eigenvalue weighted by molar-refractivity contribution is 5.20. The molecule has 6 nitrogen and oxygen atoms in total. The maximum Gasteiger partial charge on any atom is 0.129 e. The van der Waals surface area contributed by atoms with E-state index in [1.807, 2.05) is 42.9 Å². The Morgan fingerprint density at radius 2 is 1.88 bits per heavy atom. The van der Waals surface area contributed by atoms with Crippen molar-refractivity contribution in [1.82, 2.24) is 19.6 Å². The molecule has 33 heavy (non-hydrogen) atoms. The fraction of sp³-hybridized carbons (Fsp3) is 0.500. The van der Waals surface area contributed by atoms with Gasteiger partial charge in [-0.2, -0.15) is 5.10 Å². The Morgan fingerprint density at radius 1 is 1.15 bits per heavy atom. The van der Waals surface area contributed by atoms with Crippen LogP contribution in [0.3, 0.4) is 0 Å². The van der Waals surface area contributed by atoms with E-state index in [1.54, 1.807) is 12.1 Å². The van der Waals surface area contributed by atoms with Crippen LogP contribution in [0.4, 0.5) is 4.39 Å². The molecule has 4 rings (SSSR count). The number of hydrogen-bond acceptors (Lipinski definition) is 5. The summed E-state index contributed by atoms with van der Waals surface area (Å²) in [6.07, 6.45) is 4.90. The second-order valence-corrected chi connectivity index (χ2v) is 9.33. The summed E-state index contributed by atoms with van der Waals surface area (Å²) in [7, 11) is 4.11. The molecule has 1 aromatic carbocycles. The van der Waals surface area contributed by atoms with E-state index >= 15 is 0 Å². The van der Waals surface area contributed by atoms with Gasteiger partial charge in [-0.3, -0.25) is 14.5 Å². The minimum Gasteiger partial charge on any atom is -0.462 e. The number of likely N-dealkylation sites (N-methyl/N-ethyl adjacent to an activating group) is 1. The van der Waals surface area contributed by atoms with Gasteiger partial charge in [0.25, 0.3) is 0 Å². The minimum absolute atomic E-state index is 0.0669.